The molecule has 0 unspecified atom stereocenters. The van der Waals surface area contributed by atoms with Crippen molar-refractivity contribution in [3.8, 4) is 17.3 Å². The lowest BCUT2D eigenvalue weighted by atomic mass is 10.1. The predicted octanol–water partition coefficient (Wildman–Crippen LogP) is 2.13. The second kappa shape index (κ2) is 9.67. The SMILES string of the molecule is COCCNCc1cnc(Nc2ccc(OC)nc2)c(-c2ncnc(C)n2)c1. The maximum Gasteiger partial charge on any atom is 0.213 e. The molecule has 0 fully saturated rings. The summed E-state index contributed by atoms with van der Waals surface area (Å²) in [5.41, 5.74) is 2.58. The molecule has 3 rings (SSSR count). The maximum absolute atomic E-state index is 5.10. The Kier molecular flexibility index (Phi) is 6.77. The molecule has 2 N–H and O–H groups in total. The van der Waals surface area contributed by atoms with Crippen LogP contribution in [-0.2, 0) is 11.3 Å². The standard InChI is InChI=1S/C19H23N7O2/c1-13-23-12-24-19(25-13)16-8-14(9-20-6-7-27-2)10-22-18(16)26-15-4-5-17(28-3)21-11-15/h4-5,8,10-12,20H,6-7,9H2,1-3H3,(H,22,26). The largest absolute Gasteiger partial charge is 0.481 e. The van der Waals surface area contributed by atoms with Crippen molar-refractivity contribution in [1.82, 2.24) is 30.2 Å². The quantitative estimate of drug-likeness (QED) is 0.539. The summed E-state index contributed by atoms with van der Waals surface area (Å²) in [5, 5.41) is 6.59. The summed E-state index contributed by atoms with van der Waals surface area (Å²) in [6, 6.07) is 5.67. The fraction of sp³-hybridized carbons (Fsp3) is 0.316. The Hall–Kier alpha value is -3.17. The fourth-order valence-corrected chi connectivity index (χ4v) is 2.50. The smallest absolute Gasteiger partial charge is 0.213 e. The van der Waals surface area contributed by atoms with Crippen LogP contribution in [-0.4, -0.2) is 52.3 Å². The van der Waals surface area contributed by atoms with Crippen molar-refractivity contribution in [3.63, 3.8) is 0 Å². The van der Waals surface area contributed by atoms with E-state index in [2.05, 4.69) is 35.6 Å². The lowest BCUT2D eigenvalue weighted by Gasteiger charge is -2.13. The Balaban J connectivity index is 1.88. The number of hydrogen-bond acceptors (Lipinski definition) is 9. The molecule has 0 aromatic carbocycles. The van der Waals surface area contributed by atoms with Crippen LogP contribution in [0.4, 0.5) is 11.5 Å². The molecule has 0 spiro atoms. The van der Waals surface area contributed by atoms with Gasteiger partial charge in [-0.15, -0.1) is 0 Å². The van der Waals surface area contributed by atoms with Crippen molar-refractivity contribution < 1.29 is 9.47 Å². The van der Waals surface area contributed by atoms with E-state index in [1.807, 2.05) is 25.3 Å². The highest BCUT2D eigenvalue weighted by molar-refractivity contribution is 5.74. The normalized spacial score (nSPS) is 10.7. The third-order valence-corrected chi connectivity index (χ3v) is 3.90. The third kappa shape index (κ3) is 5.18. The Morgan fingerprint density at radius 1 is 1.04 bits per heavy atom. The third-order valence-electron chi connectivity index (χ3n) is 3.90. The zero-order chi connectivity index (χ0) is 19.8. The topological polar surface area (TPSA) is 107 Å². The first-order chi connectivity index (χ1) is 13.7. The van der Waals surface area contributed by atoms with E-state index in [-0.39, 0.29) is 0 Å². The van der Waals surface area contributed by atoms with Crippen LogP contribution in [0.25, 0.3) is 11.4 Å². The maximum atomic E-state index is 5.10. The molecule has 0 saturated heterocycles. The summed E-state index contributed by atoms with van der Waals surface area (Å²) >= 11 is 0. The van der Waals surface area contributed by atoms with Crippen LogP contribution < -0.4 is 15.4 Å². The van der Waals surface area contributed by atoms with Crippen LogP contribution in [0.15, 0.2) is 36.9 Å². The Morgan fingerprint density at radius 2 is 1.93 bits per heavy atom. The van der Waals surface area contributed by atoms with Crippen molar-refractivity contribution in [2.24, 2.45) is 0 Å². The summed E-state index contributed by atoms with van der Waals surface area (Å²) in [6.07, 6.45) is 5.00. The van der Waals surface area contributed by atoms with Gasteiger partial charge < -0.3 is 20.1 Å². The number of anilines is 2. The molecule has 0 radical (unpaired) electrons. The number of methoxy groups -OCH3 is 2. The number of aromatic nitrogens is 5. The average molecular weight is 381 g/mol. The van der Waals surface area contributed by atoms with Crippen molar-refractivity contribution >= 4 is 11.5 Å². The molecule has 0 bridgehead atoms. The van der Waals surface area contributed by atoms with E-state index in [0.29, 0.717) is 36.5 Å². The van der Waals surface area contributed by atoms with Crippen molar-refractivity contribution in [2.45, 2.75) is 13.5 Å². The van der Waals surface area contributed by atoms with Crippen molar-refractivity contribution in [2.75, 3.05) is 32.7 Å². The molecule has 3 aromatic heterocycles. The zero-order valence-electron chi connectivity index (χ0n) is 16.1. The minimum atomic E-state index is 0.546. The molecule has 9 nitrogen and oxygen atoms in total. The Bertz CT molecular complexity index is 903. The van der Waals surface area contributed by atoms with Gasteiger partial charge in [0.1, 0.15) is 18.0 Å². The molecule has 0 atom stereocenters. The van der Waals surface area contributed by atoms with Crippen LogP contribution in [0.3, 0.4) is 0 Å². The number of nitrogens with zero attached hydrogens (tertiary/aromatic N) is 5. The first-order valence-corrected chi connectivity index (χ1v) is 8.81. The van der Waals surface area contributed by atoms with Gasteiger partial charge in [-0.25, -0.2) is 24.9 Å². The van der Waals surface area contributed by atoms with E-state index < -0.39 is 0 Å². The first-order valence-electron chi connectivity index (χ1n) is 8.81. The zero-order valence-corrected chi connectivity index (χ0v) is 16.1. The molecule has 3 aromatic rings. The molecule has 9 heteroatoms. The molecule has 146 valence electrons. The second-order valence-electron chi connectivity index (χ2n) is 5.98. The molecule has 0 aliphatic carbocycles. The highest BCUT2D eigenvalue weighted by Gasteiger charge is 2.12. The molecular formula is C19H23N7O2. The van der Waals surface area contributed by atoms with E-state index >= 15 is 0 Å². The van der Waals surface area contributed by atoms with E-state index in [4.69, 9.17) is 9.47 Å². The number of aryl methyl sites for hydroxylation is 1. The highest BCUT2D eigenvalue weighted by atomic mass is 16.5. The molecule has 0 saturated carbocycles. The van der Waals surface area contributed by atoms with Gasteiger partial charge in [0.25, 0.3) is 0 Å². The van der Waals surface area contributed by atoms with Gasteiger partial charge in [-0.05, 0) is 24.6 Å². The number of ether oxygens (including phenoxy) is 2. The molecule has 28 heavy (non-hydrogen) atoms. The summed E-state index contributed by atoms with van der Waals surface area (Å²) in [7, 11) is 3.26. The first kappa shape index (κ1) is 19.6. The van der Waals surface area contributed by atoms with Gasteiger partial charge in [0.15, 0.2) is 5.82 Å². The lowest BCUT2D eigenvalue weighted by Crippen LogP contribution is -2.18. The minimum absolute atomic E-state index is 0.546. The average Bonchev–Trinajstić information content (AvgIpc) is 2.72. The van der Waals surface area contributed by atoms with E-state index in [1.165, 1.54) is 6.33 Å². The summed E-state index contributed by atoms with van der Waals surface area (Å²) < 4.78 is 10.2. The van der Waals surface area contributed by atoms with Gasteiger partial charge in [0.05, 0.1) is 31.2 Å². The lowest BCUT2D eigenvalue weighted by molar-refractivity contribution is 0.199. The molecule has 0 aliphatic heterocycles. The van der Waals surface area contributed by atoms with Gasteiger partial charge >= 0.3 is 0 Å². The van der Waals surface area contributed by atoms with E-state index in [0.717, 1.165) is 23.4 Å². The van der Waals surface area contributed by atoms with Crippen LogP contribution in [0, 0.1) is 6.92 Å². The minimum Gasteiger partial charge on any atom is -0.481 e. The molecule has 0 aliphatic rings. The number of pyridine rings is 2. The molecule has 0 amide bonds. The predicted molar refractivity (Wildman–Crippen MR) is 105 cm³/mol. The summed E-state index contributed by atoms with van der Waals surface area (Å²) in [6.45, 7) is 3.90. The van der Waals surface area contributed by atoms with Gasteiger partial charge in [0, 0.05) is 32.5 Å². The second-order valence-corrected chi connectivity index (χ2v) is 5.98. The van der Waals surface area contributed by atoms with Gasteiger partial charge in [-0.2, -0.15) is 0 Å². The number of nitrogens with one attached hydrogen (secondary N) is 2. The van der Waals surface area contributed by atoms with Crippen molar-refractivity contribution in [1.29, 1.82) is 0 Å². The van der Waals surface area contributed by atoms with E-state index in [1.54, 1.807) is 26.5 Å². The molecule has 3 heterocycles. The summed E-state index contributed by atoms with van der Waals surface area (Å²) in [5.74, 6) is 2.39. The summed E-state index contributed by atoms with van der Waals surface area (Å²) in [4.78, 5) is 21.6. The van der Waals surface area contributed by atoms with Crippen LogP contribution >= 0.6 is 0 Å². The Labute approximate surface area is 163 Å². The Morgan fingerprint density at radius 3 is 2.64 bits per heavy atom. The molecular weight excluding hydrogens is 358 g/mol. The monoisotopic (exact) mass is 381 g/mol. The van der Waals surface area contributed by atoms with Gasteiger partial charge in [-0.3, -0.25) is 0 Å². The number of rotatable bonds is 9. The van der Waals surface area contributed by atoms with Crippen LogP contribution in [0.5, 0.6) is 5.88 Å². The van der Waals surface area contributed by atoms with Crippen LogP contribution in [0.1, 0.15) is 11.4 Å². The number of hydrogen-bond donors (Lipinski definition) is 2. The van der Waals surface area contributed by atoms with Crippen molar-refractivity contribution in [3.05, 3.63) is 48.3 Å². The highest BCUT2D eigenvalue weighted by Crippen LogP contribution is 2.27. The van der Waals surface area contributed by atoms with Gasteiger partial charge in [0.2, 0.25) is 5.88 Å². The van der Waals surface area contributed by atoms with E-state index in [9.17, 15) is 0 Å². The van der Waals surface area contributed by atoms with Gasteiger partial charge in [-0.1, -0.05) is 0 Å². The fourth-order valence-electron chi connectivity index (χ4n) is 2.50. The van der Waals surface area contributed by atoms with Crippen LogP contribution in [0.2, 0.25) is 0 Å².